The minimum Gasteiger partial charge on any atom is -0.369 e. The molecule has 1 unspecified atom stereocenters. The van der Waals surface area contributed by atoms with E-state index in [2.05, 4.69) is 52.2 Å². The minimum atomic E-state index is 0.758. The fourth-order valence-electron chi connectivity index (χ4n) is 2.42. The number of nitrogens with one attached hydrogen (secondary N) is 1. The number of hydrogen-bond donors (Lipinski definition) is 1. The Bertz CT molecular complexity index is 393. The Morgan fingerprint density at radius 1 is 1.42 bits per heavy atom. The van der Waals surface area contributed by atoms with Gasteiger partial charge in [-0.2, -0.15) is 0 Å². The lowest BCUT2D eigenvalue weighted by Crippen LogP contribution is -2.34. The van der Waals surface area contributed by atoms with Gasteiger partial charge in [-0.25, -0.2) is 9.97 Å². The fourth-order valence-corrected chi connectivity index (χ4v) is 2.42. The van der Waals surface area contributed by atoms with Gasteiger partial charge in [0.1, 0.15) is 18.0 Å². The Balaban J connectivity index is 1.94. The summed E-state index contributed by atoms with van der Waals surface area (Å²) in [6.07, 6.45) is 4.25. The SMILES string of the molecule is CC1CCCN(c2cc(NCCN(C)C)ncn2)C1. The molecule has 0 spiro atoms. The maximum Gasteiger partial charge on any atom is 0.134 e. The topological polar surface area (TPSA) is 44.3 Å². The molecule has 2 heterocycles. The average molecular weight is 263 g/mol. The Kier molecular flexibility index (Phi) is 4.96. The maximum absolute atomic E-state index is 4.41. The summed E-state index contributed by atoms with van der Waals surface area (Å²) in [6, 6.07) is 2.06. The van der Waals surface area contributed by atoms with Crippen LogP contribution in [0, 0.1) is 5.92 Å². The molecule has 19 heavy (non-hydrogen) atoms. The number of rotatable bonds is 5. The van der Waals surface area contributed by atoms with Gasteiger partial charge in [0.25, 0.3) is 0 Å². The summed E-state index contributed by atoms with van der Waals surface area (Å²) in [7, 11) is 4.14. The van der Waals surface area contributed by atoms with Crippen LogP contribution in [-0.4, -0.2) is 55.1 Å². The van der Waals surface area contributed by atoms with Crippen LogP contribution in [0.1, 0.15) is 19.8 Å². The van der Waals surface area contributed by atoms with E-state index in [1.54, 1.807) is 6.33 Å². The van der Waals surface area contributed by atoms with Crippen molar-refractivity contribution >= 4 is 11.6 Å². The van der Waals surface area contributed by atoms with Gasteiger partial charge in [0.2, 0.25) is 0 Å². The molecule has 1 atom stereocenters. The van der Waals surface area contributed by atoms with E-state index in [4.69, 9.17) is 0 Å². The van der Waals surface area contributed by atoms with Gasteiger partial charge in [0.05, 0.1) is 0 Å². The van der Waals surface area contributed by atoms with Crippen LogP contribution in [-0.2, 0) is 0 Å². The molecule has 1 aromatic rings. The van der Waals surface area contributed by atoms with E-state index in [0.717, 1.165) is 43.7 Å². The first-order valence-electron chi connectivity index (χ1n) is 7.11. The Morgan fingerprint density at radius 3 is 3.00 bits per heavy atom. The number of likely N-dealkylation sites (N-methyl/N-ethyl adjacent to an activating group) is 1. The molecule has 1 aromatic heterocycles. The van der Waals surface area contributed by atoms with Crippen LogP contribution >= 0.6 is 0 Å². The highest BCUT2D eigenvalue weighted by Gasteiger charge is 2.17. The van der Waals surface area contributed by atoms with Gasteiger partial charge < -0.3 is 15.1 Å². The molecule has 1 aliphatic rings. The first kappa shape index (κ1) is 14.1. The third kappa shape index (κ3) is 4.35. The largest absolute Gasteiger partial charge is 0.369 e. The predicted octanol–water partition coefficient (Wildman–Crippen LogP) is 1.69. The van der Waals surface area contributed by atoms with E-state index < -0.39 is 0 Å². The standard InChI is InChI=1S/C14H25N5/c1-12-5-4-7-19(10-12)14-9-13(16-11-17-14)15-6-8-18(2)3/h9,11-12H,4-8,10H2,1-3H3,(H,15,16,17). The second kappa shape index (κ2) is 6.70. The molecule has 5 nitrogen and oxygen atoms in total. The molecule has 0 radical (unpaired) electrons. The van der Waals surface area contributed by atoms with E-state index >= 15 is 0 Å². The van der Waals surface area contributed by atoms with Crippen molar-refractivity contribution < 1.29 is 0 Å². The summed E-state index contributed by atoms with van der Waals surface area (Å²) in [5, 5.41) is 3.35. The molecule has 1 saturated heterocycles. The molecule has 0 aliphatic carbocycles. The normalized spacial score (nSPS) is 19.8. The van der Waals surface area contributed by atoms with Crippen molar-refractivity contribution in [1.29, 1.82) is 0 Å². The number of piperidine rings is 1. The van der Waals surface area contributed by atoms with Crippen LogP contribution in [0.5, 0.6) is 0 Å². The monoisotopic (exact) mass is 263 g/mol. The van der Waals surface area contributed by atoms with Gasteiger partial charge in [-0.05, 0) is 32.9 Å². The molecule has 1 N–H and O–H groups in total. The Labute approximate surface area is 116 Å². The van der Waals surface area contributed by atoms with Crippen molar-refractivity contribution in [1.82, 2.24) is 14.9 Å². The molecular formula is C14H25N5. The number of hydrogen-bond acceptors (Lipinski definition) is 5. The fraction of sp³-hybridized carbons (Fsp3) is 0.714. The van der Waals surface area contributed by atoms with E-state index in [9.17, 15) is 0 Å². The molecule has 0 amide bonds. The summed E-state index contributed by atoms with van der Waals surface area (Å²) in [5.74, 6) is 2.73. The van der Waals surface area contributed by atoms with Crippen molar-refractivity contribution in [2.24, 2.45) is 5.92 Å². The highest BCUT2D eigenvalue weighted by Crippen LogP contribution is 2.22. The highest BCUT2D eigenvalue weighted by atomic mass is 15.2. The van der Waals surface area contributed by atoms with Crippen LogP contribution in [0.3, 0.4) is 0 Å². The van der Waals surface area contributed by atoms with Gasteiger partial charge >= 0.3 is 0 Å². The van der Waals surface area contributed by atoms with E-state index in [1.165, 1.54) is 12.8 Å². The zero-order chi connectivity index (χ0) is 13.7. The minimum absolute atomic E-state index is 0.758. The van der Waals surface area contributed by atoms with Crippen molar-refractivity contribution in [2.75, 3.05) is 50.5 Å². The molecule has 0 saturated carbocycles. The third-order valence-electron chi connectivity index (χ3n) is 3.50. The van der Waals surface area contributed by atoms with Crippen molar-refractivity contribution in [2.45, 2.75) is 19.8 Å². The van der Waals surface area contributed by atoms with Crippen molar-refractivity contribution in [3.8, 4) is 0 Å². The molecule has 5 heteroatoms. The summed E-state index contributed by atoms with van der Waals surface area (Å²) in [4.78, 5) is 13.2. The highest BCUT2D eigenvalue weighted by molar-refractivity contribution is 5.48. The summed E-state index contributed by atoms with van der Waals surface area (Å²) in [6.45, 7) is 6.43. The summed E-state index contributed by atoms with van der Waals surface area (Å²) in [5.41, 5.74) is 0. The molecule has 1 fully saturated rings. The Morgan fingerprint density at radius 2 is 2.26 bits per heavy atom. The quantitative estimate of drug-likeness (QED) is 0.876. The molecular weight excluding hydrogens is 238 g/mol. The maximum atomic E-state index is 4.41. The lowest BCUT2D eigenvalue weighted by Gasteiger charge is -2.31. The van der Waals surface area contributed by atoms with E-state index in [1.807, 2.05) is 0 Å². The smallest absolute Gasteiger partial charge is 0.134 e. The number of nitrogens with zero attached hydrogens (tertiary/aromatic N) is 4. The zero-order valence-corrected chi connectivity index (χ0v) is 12.3. The predicted molar refractivity (Wildman–Crippen MR) is 79.7 cm³/mol. The number of anilines is 2. The molecule has 0 aromatic carbocycles. The van der Waals surface area contributed by atoms with Crippen LogP contribution in [0.15, 0.2) is 12.4 Å². The molecule has 2 rings (SSSR count). The van der Waals surface area contributed by atoms with Crippen LogP contribution < -0.4 is 10.2 Å². The van der Waals surface area contributed by atoms with Gasteiger partial charge in [0.15, 0.2) is 0 Å². The molecule has 106 valence electrons. The van der Waals surface area contributed by atoms with Crippen molar-refractivity contribution in [3.05, 3.63) is 12.4 Å². The Hall–Kier alpha value is -1.36. The first-order chi connectivity index (χ1) is 9.15. The lowest BCUT2D eigenvalue weighted by molar-refractivity contribution is 0.425. The van der Waals surface area contributed by atoms with Gasteiger partial charge in [-0.1, -0.05) is 6.92 Å². The molecule has 1 aliphatic heterocycles. The van der Waals surface area contributed by atoms with E-state index in [-0.39, 0.29) is 0 Å². The van der Waals surface area contributed by atoms with Crippen molar-refractivity contribution in [3.63, 3.8) is 0 Å². The van der Waals surface area contributed by atoms with Gasteiger partial charge in [-0.15, -0.1) is 0 Å². The van der Waals surface area contributed by atoms with Gasteiger partial charge in [-0.3, -0.25) is 0 Å². The third-order valence-corrected chi connectivity index (χ3v) is 3.50. The van der Waals surface area contributed by atoms with Gasteiger partial charge in [0, 0.05) is 32.2 Å². The molecule has 0 bridgehead atoms. The summed E-state index contributed by atoms with van der Waals surface area (Å²) >= 11 is 0. The zero-order valence-electron chi connectivity index (χ0n) is 12.3. The second-order valence-electron chi connectivity index (χ2n) is 5.68. The second-order valence-corrected chi connectivity index (χ2v) is 5.68. The van der Waals surface area contributed by atoms with Crippen LogP contribution in [0.4, 0.5) is 11.6 Å². The number of aromatic nitrogens is 2. The first-order valence-corrected chi connectivity index (χ1v) is 7.11. The average Bonchev–Trinajstić information content (AvgIpc) is 2.39. The summed E-state index contributed by atoms with van der Waals surface area (Å²) < 4.78 is 0. The van der Waals surface area contributed by atoms with E-state index in [0.29, 0.717) is 0 Å². The van der Waals surface area contributed by atoms with Crippen LogP contribution in [0.25, 0.3) is 0 Å². The lowest BCUT2D eigenvalue weighted by atomic mass is 10.0. The van der Waals surface area contributed by atoms with Crippen LogP contribution in [0.2, 0.25) is 0 Å².